The van der Waals surface area contributed by atoms with Crippen molar-refractivity contribution >= 4 is 17.3 Å². The van der Waals surface area contributed by atoms with Gasteiger partial charge < -0.3 is 16.2 Å². The Morgan fingerprint density at radius 1 is 1.06 bits per heavy atom. The maximum Gasteiger partial charge on any atom is 0.308 e. The number of nitrogen functional groups attached to an aromatic ring is 2. The number of anilines is 2. The molecule has 0 amide bonds. The summed E-state index contributed by atoms with van der Waals surface area (Å²) in [6, 6.07) is 12.5. The first-order valence-electron chi connectivity index (χ1n) is 5.50. The van der Waals surface area contributed by atoms with Gasteiger partial charge >= 0.3 is 5.97 Å². The van der Waals surface area contributed by atoms with E-state index in [0.717, 1.165) is 11.1 Å². The molecule has 0 saturated heterocycles. The van der Waals surface area contributed by atoms with Gasteiger partial charge in [0.05, 0.1) is 0 Å². The SMILES string of the molecule is CC(=O)Oc1ccc(N)c(-c2ccc(N)cc2)c1. The van der Waals surface area contributed by atoms with E-state index in [9.17, 15) is 4.79 Å². The molecule has 0 bridgehead atoms. The van der Waals surface area contributed by atoms with Crippen LogP contribution in [0.5, 0.6) is 5.75 Å². The van der Waals surface area contributed by atoms with Crippen LogP contribution in [-0.2, 0) is 4.79 Å². The zero-order chi connectivity index (χ0) is 13.1. The molecule has 0 unspecified atom stereocenters. The molecule has 0 aromatic heterocycles. The molecule has 4 heteroatoms. The molecule has 2 aromatic carbocycles. The molecule has 0 fully saturated rings. The lowest BCUT2D eigenvalue weighted by atomic mass is 10.0. The van der Waals surface area contributed by atoms with Gasteiger partial charge in [-0.05, 0) is 35.9 Å². The molecule has 0 atom stereocenters. The lowest BCUT2D eigenvalue weighted by molar-refractivity contribution is -0.131. The molecule has 0 saturated carbocycles. The molecule has 0 spiro atoms. The summed E-state index contributed by atoms with van der Waals surface area (Å²) in [5.41, 5.74) is 14.6. The molecule has 18 heavy (non-hydrogen) atoms. The Bertz CT molecular complexity index is 577. The second-order valence-electron chi connectivity index (χ2n) is 3.96. The molecule has 0 aliphatic heterocycles. The standard InChI is InChI=1S/C14H14N2O2/c1-9(17)18-12-6-7-14(16)13(8-12)10-2-4-11(15)5-3-10/h2-8H,15-16H2,1H3. The first-order valence-corrected chi connectivity index (χ1v) is 5.50. The molecule has 4 nitrogen and oxygen atoms in total. The second-order valence-corrected chi connectivity index (χ2v) is 3.96. The van der Waals surface area contributed by atoms with Crippen molar-refractivity contribution < 1.29 is 9.53 Å². The van der Waals surface area contributed by atoms with Gasteiger partial charge in [0.25, 0.3) is 0 Å². The Morgan fingerprint density at radius 2 is 1.72 bits per heavy atom. The summed E-state index contributed by atoms with van der Waals surface area (Å²) < 4.78 is 5.04. The number of benzene rings is 2. The van der Waals surface area contributed by atoms with Crippen molar-refractivity contribution in [1.82, 2.24) is 0 Å². The van der Waals surface area contributed by atoms with Crippen molar-refractivity contribution in [1.29, 1.82) is 0 Å². The minimum atomic E-state index is -0.358. The smallest absolute Gasteiger partial charge is 0.308 e. The van der Waals surface area contributed by atoms with E-state index in [-0.39, 0.29) is 5.97 Å². The fraction of sp³-hybridized carbons (Fsp3) is 0.0714. The lowest BCUT2D eigenvalue weighted by Gasteiger charge is -2.09. The van der Waals surface area contributed by atoms with E-state index in [0.29, 0.717) is 17.1 Å². The number of hydrogen-bond acceptors (Lipinski definition) is 4. The van der Waals surface area contributed by atoms with Gasteiger partial charge in [0, 0.05) is 23.9 Å². The fourth-order valence-corrected chi connectivity index (χ4v) is 1.68. The third-order valence-electron chi connectivity index (χ3n) is 2.51. The Morgan fingerprint density at radius 3 is 2.33 bits per heavy atom. The first-order chi connectivity index (χ1) is 8.56. The number of rotatable bonds is 2. The molecule has 0 radical (unpaired) electrons. The average Bonchev–Trinajstić information content (AvgIpc) is 2.32. The van der Waals surface area contributed by atoms with Crippen LogP contribution in [0.25, 0.3) is 11.1 Å². The van der Waals surface area contributed by atoms with E-state index < -0.39 is 0 Å². The number of carbonyl (C=O) groups is 1. The van der Waals surface area contributed by atoms with Crippen LogP contribution in [0.15, 0.2) is 42.5 Å². The van der Waals surface area contributed by atoms with Gasteiger partial charge in [-0.1, -0.05) is 12.1 Å². The summed E-state index contributed by atoms with van der Waals surface area (Å²) in [6.07, 6.45) is 0. The Hall–Kier alpha value is -2.49. The zero-order valence-corrected chi connectivity index (χ0v) is 10.0. The van der Waals surface area contributed by atoms with Crippen molar-refractivity contribution in [2.45, 2.75) is 6.92 Å². The quantitative estimate of drug-likeness (QED) is 0.481. The normalized spacial score (nSPS) is 10.1. The number of hydrogen-bond donors (Lipinski definition) is 2. The first kappa shape index (κ1) is 12.0. The second kappa shape index (κ2) is 4.79. The van der Waals surface area contributed by atoms with Gasteiger partial charge in [0.15, 0.2) is 0 Å². The minimum absolute atomic E-state index is 0.358. The Kier molecular flexibility index (Phi) is 3.19. The monoisotopic (exact) mass is 242 g/mol. The van der Waals surface area contributed by atoms with Gasteiger partial charge in [0.1, 0.15) is 5.75 Å². The highest BCUT2D eigenvalue weighted by Crippen LogP contribution is 2.30. The van der Waals surface area contributed by atoms with E-state index in [4.69, 9.17) is 16.2 Å². The molecule has 2 rings (SSSR count). The van der Waals surface area contributed by atoms with Gasteiger partial charge in [-0.25, -0.2) is 0 Å². The highest BCUT2D eigenvalue weighted by molar-refractivity contribution is 5.79. The summed E-state index contributed by atoms with van der Waals surface area (Å²) in [5.74, 6) is 0.117. The van der Waals surface area contributed by atoms with Crippen molar-refractivity contribution in [2.75, 3.05) is 11.5 Å². The molecule has 0 aliphatic carbocycles. The van der Waals surface area contributed by atoms with Crippen LogP contribution in [0, 0.1) is 0 Å². The lowest BCUT2D eigenvalue weighted by Crippen LogP contribution is -2.02. The van der Waals surface area contributed by atoms with Crippen molar-refractivity contribution in [3.05, 3.63) is 42.5 Å². The predicted octanol–water partition coefficient (Wildman–Crippen LogP) is 2.44. The fourth-order valence-electron chi connectivity index (χ4n) is 1.68. The van der Waals surface area contributed by atoms with Crippen molar-refractivity contribution in [3.63, 3.8) is 0 Å². The Balaban J connectivity index is 2.42. The minimum Gasteiger partial charge on any atom is -0.427 e. The van der Waals surface area contributed by atoms with E-state index in [1.807, 2.05) is 12.1 Å². The third kappa shape index (κ3) is 2.60. The maximum absolute atomic E-state index is 10.9. The molecule has 4 N–H and O–H groups in total. The largest absolute Gasteiger partial charge is 0.427 e. The van der Waals surface area contributed by atoms with Crippen LogP contribution in [0.3, 0.4) is 0 Å². The summed E-state index contributed by atoms with van der Waals surface area (Å²) in [4.78, 5) is 10.9. The van der Waals surface area contributed by atoms with Crippen LogP contribution < -0.4 is 16.2 Å². The van der Waals surface area contributed by atoms with Crippen LogP contribution in [0.2, 0.25) is 0 Å². The molecular weight excluding hydrogens is 228 g/mol. The summed E-state index contributed by atoms with van der Waals surface area (Å²) in [5, 5.41) is 0. The van der Waals surface area contributed by atoms with Gasteiger partial charge in [-0.15, -0.1) is 0 Å². The van der Waals surface area contributed by atoms with Gasteiger partial charge in [-0.2, -0.15) is 0 Å². The molecule has 0 aliphatic rings. The van der Waals surface area contributed by atoms with Crippen molar-refractivity contribution in [2.24, 2.45) is 0 Å². The van der Waals surface area contributed by atoms with E-state index in [1.165, 1.54) is 6.92 Å². The number of esters is 1. The number of carbonyl (C=O) groups excluding carboxylic acids is 1. The predicted molar refractivity (Wildman–Crippen MR) is 72.0 cm³/mol. The summed E-state index contributed by atoms with van der Waals surface area (Å²) >= 11 is 0. The van der Waals surface area contributed by atoms with Gasteiger partial charge in [0.2, 0.25) is 0 Å². The van der Waals surface area contributed by atoms with E-state index in [2.05, 4.69) is 0 Å². The zero-order valence-electron chi connectivity index (χ0n) is 10.0. The highest BCUT2D eigenvalue weighted by Gasteiger charge is 2.06. The maximum atomic E-state index is 10.9. The number of ether oxygens (including phenoxy) is 1. The van der Waals surface area contributed by atoms with Crippen molar-refractivity contribution in [3.8, 4) is 16.9 Å². The van der Waals surface area contributed by atoms with Crippen LogP contribution >= 0.6 is 0 Å². The van der Waals surface area contributed by atoms with Crippen LogP contribution in [0.4, 0.5) is 11.4 Å². The van der Waals surface area contributed by atoms with Crippen LogP contribution in [0.1, 0.15) is 6.92 Å². The number of nitrogens with two attached hydrogens (primary N) is 2. The Labute approximate surface area is 105 Å². The molecular formula is C14H14N2O2. The van der Waals surface area contributed by atoms with E-state index >= 15 is 0 Å². The third-order valence-corrected chi connectivity index (χ3v) is 2.51. The van der Waals surface area contributed by atoms with Gasteiger partial charge in [-0.3, -0.25) is 4.79 Å². The molecule has 92 valence electrons. The molecule has 0 heterocycles. The van der Waals surface area contributed by atoms with Crippen LogP contribution in [-0.4, -0.2) is 5.97 Å². The summed E-state index contributed by atoms with van der Waals surface area (Å²) in [7, 11) is 0. The average molecular weight is 242 g/mol. The van der Waals surface area contributed by atoms with E-state index in [1.54, 1.807) is 30.3 Å². The topological polar surface area (TPSA) is 78.3 Å². The highest BCUT2D eigenvalue weighted by atomic mass is 16.5. The molecule has 2 aromatic rings. The summed E-state index contributed by atoms with van der Waals surface area (Å²) in [6.45, 7) is 1.36.